The summed E-state index contributed by atoms with van der Waals surface area (Å²) in [5.74, 6) is 5.15. The standard InChI is InChI=1S/C11H16N2/c1-9-3-6-11(7-4-9)8-5-10(2)13-12/h3-4,6-7H,5,8,12H2,1-2H3/b13-10+. The van der Waals surface area contributed by atoms with Crippen LogP contribution in [-0.2, 0) is 6.42 Å². The lowest BCUT2D eigenvalue weighted by Gasteiger charge is -2.00. The molecule has 0 heterocycles. The van der Waals surface area contributed by atoms with E-state index in [1.807, 2.05) is 6.92 Å². The summed E-state index contributed by atoms with van der Waals surface area (Å²) in [6.45, 7) is 4.05. The van der Waals surface area contributed by atoms with Crippen molar-refractivity contribution in [1.29, 1.82) is 0 Å². The molecule has 1 rings (SSSR count). The molecular weight excluding hydrogens is 160 g/mol. The first-order valence-corrected chi connectivity index (χ1v) is 4.51. The van der Waals surface area contributed by atoms with E-state index >= 15 is 0 Å². The Morgan fingerprint density at radius 2 is 1.92 bits per heavy atom. The van der Waals surface area contributed by atoms with Crippen molar-refractivity contribution < 1.29 is 0 Å². The van der Waals surface area contributed by atoms with Crippen LogP contribution in [0.5, 0.6) is 0 Å². The van der Waals surface area contributed by atoms with Crippen LogP contribution in [0.2, 0.25) is 0 Å². The van der Waals surface area contributed by atoms with Crippen LogP contribution in [0.4, 0.5) is 0 Å². The van der Waals surface area contributed by atoms with E-state index in [1.54, 1.807) is 0 Å². The third-order valence-electron chi connectivity index (χ3n) is 2.12. The van der Waals surface area contributed by atoms with Crippen LogP contribution in [0.15, 0.2) is 29.4 Å². The molecule has 2 nitrogen and oxygen atoms in total. The molecule has 0 aromatic heterocycles. The topological polar surface area (TPSA) is 38.4 Å². The van der Waals surface area contributed by atoms with Crippen LogP contribution in [0.3, 0.4) is 0 Å². The lowest BCUT2D eigenvalue weighted by Crippen LogP contribution is -1.98. The van der Waals surface area contributed by atoms with E-state index in [4.69, 9.17) is 5.84 Å². The Kier molecular flexibility index (Phi) is 3.50. The van der Waals surface area contributed by atoms with Gasteiger partial charge in [-0.15, -0.1) is 0 Å². The van der Waals surface area contributed by atoms with Gasteiger partial charge in [0.2, 0.25) is 0 Å². The lowest BCUT2D eigenvalue weighted by atomic mass is 10.1. The monoisotopic (exact) mass is 176 g/mol. The Labute approximate surface area is 79.5 Å². The zero-order valence-electron chi connectivity index (χ0n) is 8.25. The predicted molar refractivity (Wildman–Crippen MR) is 56.8 cm³/mol. The number of hydrazone groups is 1. The molecular formula is C11H16N2. The summed E-state index contributed by atoms with van der Waals surface area (Å²) in [6.07, 6.45) is 1.96. The quantitative estimate of drug-likeness (QED) is 0.428. The number of nitrogens with zero attached hydrogens (tertiary/aromatic N) is 1. The molecule has 0 aliphatic heterocycles. The van der Waals surface area contributed by atoms with Gasteiger partial charge in [0.1, 0.15) is 0 Å². The summed E-state index contributed by atoms with van der Waals surface area (Å²) < 4.78 is 0. The highest BCUT2D eigenvalue weighted by Gasteiger charge is 1.94. The molecule has 1 aromatic carbocycles. The van der Waals surface area contributed by atoms with Gasteiger partial charge < -0.3 is 5.84 Å². The van der Waals surface area contributed by atoms with Crippen molar-refractivity contribution >= 4 is 5.71 Å². The minimum atomic E-state index is 0.944. The van der Waals surface area contributed by atoms with Gasteiger partial charge in [-0.25, -0.2) is 0 Å². The first kappa shape index (κ1) is 9.78. The largest absolute Gasteiger partial charge is 0.323 e. The van der Waals surface area contributed by atoms with Crippen LogP contribution >= 0.6 is 0 Å². The molecule has 0 amide bonds. The Bertz CT molecular complexity index is 285. The maximum Gasteiger partial charge on any atom is 0.0348 e. The van der Waals surface area contributed by atoms with E-state index < -0.39 is 0 Å². The van der Waals surface area contributed by atoms with Crippen LogP contribution in [0, 0.1) is 6.92 Å². The van der Waals surface area contributed by atoms with Crippen LogP contribution in [0.25, 0.3) is 0 Å². The highest BCUT2D eigenvalue weighted by molar-refractivity contribution is 5.81. The van der Waals surface area contributed by atoms with Crippen molar-refractivity contribution in [3.63, 3.8) is 0 Å². The van der Waals surface area contributed by atoms with Crippen LogP contribution in [0.1, 0.15) is 24.5 Å². The summed E-state index contributed by atoms with van der Waals surface area (Å²) in [6, 6.07) is 8.56. The van der Waals surface area contributed by atoms with Gasteiger partial charge in [-0.1, -0.05) is 29.8 Å². The van der Waals surface area contributed by atoms with Crippen LogP contribution in [-0.4, -0.2) is 5.71 Å². The Morgan fingerprint density at radius 3 is 2.46 bits per heavy atom. The number of nitrogens with two attached hydrogens (primary N) is 1. The highest BCUT2D eigenvalue weighted by Crippen LogP contribution is 2.05. The second-order valence-corrected chi connectivity index (χ2v) is 3.35. The molecule has 13 heavy (non-hydrogen) atoms. The van der Waals surface area contributed by atoms with Gasteiger partial charge in [-0.2, -0.15) is 5.10 Å². The summed E-state index contributed by atoms with van der Waals surface area (Å²) >= 11 is 0. The molecule has 1 aromatic rings. The summed E-state index contributed by atoms with van der Waals surface area (Å²) in [7, 11) is 0. The normalized spacial score (nSPS) is 11.7. The van der Waals surface area contributed by atoms with Crippen molar-refractivity contribution in [2.24, 2.45) is 10.9 Å². The van der Waals surface area contributed by atoms with Gasteiger partial charge in [-0.3, -0.25) is 0 Å². The number of benzene rings is 1. The molecule has 2 heteroatoms. The highest BCUT2D eigenvalue weighted by atomic mass is 15.1. The zero-order valence-corrected chi connectivity index (χ0v) is 8.25. The molecule has 0 atom stereocenters. The summed E-state index contributed by atoms with van der Waals surface area (Å²) in [4.78, 5) is 0. The maximum absolute atomic E-state index is 5.15. The fraction of sp³-hybridized carbons (Fsp3) is 0.364. The molecule has 70 valence electrons. The maximum atomic E-state index is 5.15. The molecule has 2 N–H and O–H groups in total. The lowest BCUT2D eigenvalue weighted by molar-refractivity contribution is 1.02. The average Bonchev–Trinajstić information content (AvgIpc) is 2.16. The van der Waals surface area contributed by atoms with Crippen molar-refractivity contribution in [3.8, 4) is 0 Å². The van der Waals surface area contributed by atoms with Crippen molar-refractivity contribution in [2.75, 3.05) is 0 Å². The Morgan fingerprint density at radius 1 is 1.31 bits per heavy atom. The molecule has 0 unspecified atom stereocenters. The molecule has 0 aliphatic carbocycles. The number of rotatable bonds is 3. The number of aryl methyl sites for hydroxylation is 2. The van der Waals surface area contributed by atoms with Crippen molar-refractivity contribution in [3.05, 3.63) is 35.4 Å². The first-order chi connectivity index (χ1) is 6.22. The van der Waals surface area contributed by atoms with Crippen LogP contribution < -0.4 is 5.84 Å². The Balaban J connectivity index is 2.51. The molecule has 0 spiro atoms. The molecule has 0 bridgehead atoms. The van der Waals surface area contributed by atoms with Gasteiger partial charge in [0.25, 0.3) is 0 Å². The molecule has 0 saturated carbocycles. The summed E-state index contributed by atoms with van der Waals surface area (Å²) in [5, 5.41) is 3.64. The van der Waals surface area contributed by atoms with E-state index in [-0.39, 0.29) is 0 Å². The van der Waals surface area contributed by atoms with Gasteiger partial charge >= 0.3 is 0 Å². The SMILES string of the molecule is C/C(CCc1ccc(C)cc1)=N\N. The number of hydrogen-bond donors (Lipinski definition) is 1. The number of hydrogen-bond acceptors (Lipinski definition) is 2. The average molecular weight is 176 g/mol. The van der Waals surface area contributed by atoms with Gasteiger partial charge in [0.05, 0.1) is 0 Å². The minimum Gasteiger partial charge on any atom is -0.323 e. The molecule has 0 radical (unpaired) electrons. The first-order valence-electron chi connectivity index (χ1n) is 4.51. The second-order valence-electron chi connectivity index (χ2n) is 3.35. The predicted octanol–water partition coefficient (Wildman–Crippen LogP) is 2.26. The van der Waals surface area contributed by atoms with Gasteiger partial charge in [0.15, 0.2) is 0 Å². The second kappa shape index (κ2) is 4.65. The fourth-order valence-corrected chi connectivity index (χ4v) is 1.14. The zero-order chi connectivity index (χ0) is 9.68. The molecule has 0 aliphatic rings. The van der Waals surface area contributed by atoms with Crippen molar-refractivity contribution in [1.82, 2.24) is 0 Å². The van der Waals surface area contributed by atoms with E-state index in [0.29, 0.717) is 0 Å². The Hall–Kier alpha value is -1.31. The molecule has 0 saturated heterocycles. The smallest absolute Gasteiger partial charge is 0.0348 e. The van der Waals surface area contributed by atoms with Gasteiger partial charge in [-0.05, 0) is 32.3 Å². The third-order valence-corrected chi connectivity index (χ3v) is 2.12. The van der Waals surface area contributed by atoms with E-state index in [0.717, 1.165) is 18.6 Å². The van der Waals surface area contributed by atoms with E-state index in [1.165, 1.54) is 11.1 Å². The summed E-state index contributed by atoms with van der Waals surface area (Å²) in [5.41, 5.74) is 3.64. The fourth-order valence-electron chi connectivity index (χ4n) is 1.14. The van der Waals surface area contributed by atoms with Crippen molar-refractivity contribution in [2.45, 2.75) is 26.7 Å². The molecule has 0 fully saturated rings. The van der Waals surface area contributed by atoms with E-state index in [2.05, 4.69) is 36.3 Å². The van der Waals surface area contributed by atoms with E-state index in [9.17, 15) is 0 Å². The minimum absolute atomic E-state index is 0.944. The van der Waals surface area contributed by atoms with Gasteiger partial charge in [0, 0.05) is 5.71 Å². The third kappa shape index (κ3) is 3.28.